The lowest BCUT2D eigenvalue weighted by Gasteiger charge is -2.05. The normalized spacial score (nSPS) is 14.6. The van der Waals surface area contributed by atoms with Crippen LogP contribution in [0.5, 0.6) is 0 Å². The number of halogens is 1. The molecule has 0 spiro atoms. The molecule has 1 amide bonds. The average molecular weight is 285 g/mol. The van der Waals surface area contributed by atoms with Crippen molar-refractivity contribution in [1.29, 1.82) is 0 Å². The molecule has 0 atom stereocenters. The monoisotopic (exact) mass is 284 g/mol. The smallest absolute Gasteiger partial charge is 0.223 e. The number of aromatic nitrogens is 2. The molecule has 5 nitrogen and oxygen atoms in total. The van der Waals surface area contributed by atoms with Crippen LogP contribution < -0.4 is 10.6 Å². The zero-order valence-electron chi connectivity index (χ0n) is 8.74. The molecule has 86 valence electrons. The first-order valence-electron chi connectivity index (χ1n) is 5.25. The summed E-state index contributed by atoms with van der Waals surface area (Å²) in [5.41, 5.74) is 0. The van der Waals surface area contributed by atoms with Crippen molar-refractivity contribution in [2.75, 3.05) is 18.4 Å². The maximum absolute atomic E-state index is 11.3. The minimum absolute atomic E-state index is 0.165. The van der Waals surface area contributed by atoms with Gasteiger partial charge in [0, 0.05) is 31.4 Å². The first-order valence-corrected chi connectivity index (χ1v) is 6.04. The number of hydrogen-bond acceptors (Lipinski definition) is 4. The molecule has 2 N–H and O–H groups in total. The fourth-order valence-corrected chi connectivity index (χ4v) is 1.46. The lowest BCUT2D eigenvalue weighted by Crippen LogP contribution is -2.30. The molecular weight excluding hydrogens is 272 g/mol. The zero-order chi connectivity index (χ0) is 11.4. The van der Waals surface area contributed by atoms with E-state index in [1.807, 2.05) is 0 Å². The van der Waals surface area contributed by atoms with Crippen molar-refractivity contribution >= 4 is 27.8 Å². The van der Waals surface area contributed by atoms with Crippen LogP contribution in [-0.4, -0.2) is 29.0 Å². The van der Waals surface area contributed by atoms with Crippen LogP contribution in [0.15, 0.2) is 16.9 Å². The summed E-state index contributed by atoms with van der Waals surface area (Å²) >= 11 is 3.26. The predicted molar refractivity (Wildman–Crippen MR) is 64.0 cm³/mol. The molecule has 16 heavy (non-hydrogen) atoms. The molecule has 1 saturated carbocycles. The van der Waals surface area contributed by atoms with Crippen LogP contribution in [0.25, 0.3) is 0 Å². The van der Waals surface area contributed by atoms with E-state index < -0.39 is 0 Å². The maximum atomic E-state index is 11.3. The van der Waals surface area contributed by atoms with E-state index in [0.717, 1.165) is 17.3 Å². The van der Waals surface area contributed by atoms with E-state index in [-0.39, 0.29) is 11.8 Å². The van der Waals surface area contributed by atoms with E-state index >= 15 is 0 Å². The third-order valence-corrected chi connectivity index (χ3v) is 2.69. The first kappa shape index (κ1) is 11.3. The summed E-state index contributed by atoms with van der Waals surface area (Å²) in [4.78, 5) is 19.4. The standard InChI is InChI=1S/C10H13BrN4O/c11-8-5-14-10(15-6-8)13-4-3-12-9(16)7-1-2-7/h5-7H,1-4H2,(H,12,16)(H,13,14,15). The van der Waals surface area contributed by atoms with E-state index in [4.69, 9.17) is 0 Å². The molecule has 1 aliphatic carbocycles. The summed E-state index contributed by atoms with van der Waals surface area (Å²) in [7, 11) is 0. The second-order valence-electron chi connectivity index (χ2n) is 3.72. The number of nitrogens with zero attached hydrogens (tertiary/aromatic N) is 2. The van der Waals surface area contributed by atoms with Crippen molar-refractivity contribution in [2.24, 2.45) is 5.92 Å². The second kappa shape index (κ2) is 5.25. The Morgan fingerprint density at radius 2 is 2.06 bits per heavy atom. The molecule has 1 aliphatic rings. The summed E-state index contributed by atoms with van der Waals surface area (Å²) < 4.78 is 0.847. The largest absolute Gasteiger partial charge is 0.354 e. The summed E-state index contributed by atoms with van der Waals surface area (Å²) in [5.74, 6) is 1.01. The van der Waals surface area contributed by atoms with Gasteiger partial charge in [0.2, 0.25) is 11.9 Å². The van der Waals surface area contributed by atoms with Crippen LogP contribution in [0.2, 0.25) is 0 Å². The van der Waals surface area contributed by atoms with E-state index in [1.54, 1.807) is 12.4 Å². The van der Waals surface area contributed by atoms with Gasteiger partial charge in [-0.15, -0.1) is 0 Å². The number of carbonyl (C=O) groups excluding carboxylic acids is 1. The van der Waals surface area contributed by atoms with Crippen LogP contribution in [0.4, 0.5) is 5.95 Å². The van der Waals surface area contributed by atoms with Gasteiger partial charge in [-0.3, -0.25) is 4.79 Å². The van der Waals surface area contributed by atoms with Gasteiger partial charge in [-0.2, -0.15) is 0 Å². The van der Waals surface area contributed by atoms with Gasteiger partial charge in [-0.25, -0.2) is 9.97 Å². The molecule has 6 heteroatoms. The second-order valence-corrected chi connectivity index (χ2v) is 4.63. The molecule has 0 bridgehead atoms. The Kier molecular flexibility index (Phi) is 3.71. The first-order chi connectivity index (χ1) is 7.75. The molecule has 1 fully saturated rings. The van der Waals surface area contributed by atoms with Crippen LogP contribution in [0.1, 0.15) is 12.8 Å². The van der Waals surface area contributed by atoms with E-state index in [0.29, 0.717) is 19.0 Å². The van der Waals surface area contributed by atoms with Gasteiger partial charge in [0.15, 0.2) is 0 Å². The fraction of sp³-hybridized carbons (Fsp3) is 0.500. The number of hydrogen-bond donors (Lipinski definition) is 2. The highest BCUT2D eigenvalue weighted by atomic mass is 79.9. The summed E-state index contributed by atoms with van der Waals surface area (Å²) in [5, 5.41) is 5.89. The number of anilines is 1. The van der Waals surface area contributed by atoms with Crippen molar-refractivity contribution in [3.05, 3.63) is 16.9 Å². The van der Waals surface area contributed by atoms with Crippen LogP contribution >= 0.6 is 15.9 Å². The summed E-state index contributed by atoms with van der Waals surface area (Å²) in [6, 6.07) is 0. The molecular formula is C10H13BrN4O. The van der Waals surface area contributed by atoms with Gasteiger partial charge in [-0.1, -0.05) is 0 Å². The topological polar surface area (TPSA) is 66.9 Å². The third kappa shape index (κ3) is 3.44. The highest BCUT2D eigenvalue weighted by Crippen LogP contribution is 2.28. The number of amides is 1. The van der Waals surface area contributed by atoms with Gasteiger partial charge < -0.3 is 10.6 Å². The Labute approximate surface area is 102 Å². The minimum Gasteiger partial charge on any atom is -0.354 e. The highest BCUT2D eigenvalue weighted by molar-refractivity contribution is 9.10. The van der Waals surface area contributed by atoms with Gasteiger partial charge in [0.05, 0.1) is 4.47 Å². The van der Waals surface area contributed by atoms with Crippen molar-refractivity contribution in [3.8, 4) is 0 Å². The number of nitrogens with one attached hydrogen (secondary N) is 2. The SMILES string of the molecule is O=C(NCCNc1ncc(Br)cn1)C1CC1. The molecule has 1 aromatic rings. The lowest BCUT2D eigenvalue weighted by atomic mass is 10.4. The van der Waals surface area contributed by atoms with Gasteiger partial charge in [0.25, 0.3) is 0 Å². The van der Waals surface area contributed by atoms with E-state index in [1.165, 1.54) is 0 Å². The van der Waals surface area contributed by atoms with E-state index in [2.05, 4.69) is 36.5 Å². The van der Waals surface area contributed by atoms with Crippen molar-refractivity contribution in [2.45, 2.75) is 12.8 Å². The Bertz CT molecular complexity index is 364. The third-order valence-electron chi connectivity index (χ3n) is 2.28. The number of rotatable bonds is 5. The molecule has 0 aromatic carbocycles. The molecule has 2 rings (SSSR count). The average Bonchev–Trinajstić information content (AvgIpc) is 3.10. The highest BCUT2D eigenvalue weighted by Gasteiger charge is 2.28. The van der Waals surface area contributed by atoms with Crippen molar-refractivity contribution < 1.29 is 4.79 Å². The molecule has 0 radical (unpaired) electrons. The lowest BCUT2D eigenvalue weighted by molar-refractivity contribution is -0.122. The van der Waals surface area contributed by atoms with Gasteiger partial charge in [-0.05, 0) is 28.8 Å². The Morgan fingerprint density at radius 1 is 1.38 bits per heavy atom. The predicted octanol–water partition coefficient (Wildman–Crippen LogP) is 1.18. The number of carbonyl (C=O) groups is 1. The van der Waals surface area contributed by atoms with Crippen molar-refractivity contribution in [1.82, 2.24) is 15.3 Å². The summed E-state index contributed by atoms with van der Waals surface area (Å²) in [6.45, 7) is 1.24. The quantitative estimate of drug-likeness (QED) is 0.797. The molecule has 0 saturated heterocycles. The van der Waals surface area contributed by atoms with Crippen molar-refractivity contribution in [3.63, 3.8) is 0 Å². The van der Waals surface area contributed by atoms with E-state index in [9.17, 15) is 4.79 Å². The molecule has 1 heterocycles. The summed E-state index contributed by atoms with van der Waals surface area (Å²) in [6.07, 6.45) is 5.43. The van der Waals surface area contributed by atoms with Crippen LogP contribution in [0, 0.1) is 5.92 Å². The Balaban J connectivity index is 1.63. The molecule has 1 aromatic heterocycles. The Morgan fingerprint density at radius 3 is 2.69 bits per heavy atom. The minimum atomic E-state index is 0.165. The van der Waals surface area contributed by atoms with Gasteiger partial charge in [0.1, 0.15) is 0 Å². The molecule has 0 unspecified atom stereocenters. The maximum Gasteiger partial charge on any atom is 0.223 e. The van der Waals surface area contributed by atoms with Gasteiger partial charge >= 0.3 is 0 Å². The van der Waals surface area contributed by atoms with Crippen LogP contribution in [0.3, 0.4) is 0 Å². The fourth-order valence-electron chi connectivity index (χ4n) is 1.25. The molecule has 0 aliphatic heterocycles. The Hall–Kier alpha value is -1.17. The zero-order valence-corrected chi connectivity index (χ0v) is 10.3. The van der Waals surface area contributed by atoms with Crippen LogP contribution in [-0.2, 0) is 4.79 Å².